The van der Waals surface area contributed by atoms with Crippen LogP contribution in [0.15, 0.2) is 93.9 Å². The molecule has 0 saturated carbocycles. The topological polar surface area (TPSA) is 118 Å². The molecule has 0 saturated heterocycles. The minimum absolute atomic E-state index is 0.0134. The Balaban J connectivity index is 1.60. The van der Waals surface area contributed by atoms with Crippen molar-refractivity contribution in [3.63, 3.8) is 0 Å². The van der Waals surface area contributed by atoms with Gasteiger partial charge in [0.25, 0.3) is 5.56 Å². The lowest BCUT2D eigenvalue weighted by atomic mass is 10.0. The van der Waals surface area contributed by atoms with Crippen LogP contribution >= 0.6 is 11.8 Å². The first-order valence-electron chi connectivity index (χ1n) is 9.65. The SMILES string of the molecule is N#Cc1c(-c2ccc(-c3ccccc3)cc2)nc(SCc2ccc(N=[N+]=[N-])cc2)[nH]c1=O. The molecule has 0 spiro atoms. The molecule has 0 bridgehead atoms. The maximum atomic E-state index is 12.5. The largest absolute Gasteiger partial charge is 0.300 e. The average molecular weight is 437 g/mol. The Morgan fingerprint density at radius 3 is 2.28 bits per heavy atom. The third-order valence-electron chi connectivity index (χ3n) is 4.75. The molecule has 4 aromatic rings. The van der Waals surface area contributed by atoms with Crippen LogP contribution in [0.4, 0.5) is 5.69 Å². The summed E-state index contributed by atoms with van der Waals surface area (Å²) in [4.78, 5) is 22.5. The first-order chi connectivity index (χ1) is 15.7. The van der Waals surface area contributed by atoms with E-state index in [1.54, 1.807) is 12.1 Å². The summed E-state index contributed by atoms with van der Waals surface area (Å²) in [5.41, 5.74) is 12.7. The van der Waals surface area contributed by atoms with Crippen molar-refractivity contribution in [3.8, 4) is 28.5 Å². The fourth-order valence-corrected chi connectivity index (χ4v) is 3.96. The van der Waals surface area contributed by atoms with Gasteiger partial charge < -0.3 is 4.98 Å². The molecule has 1 heterocycles. The number of rotatable bonds is 6. The molecule has 32 heavy (non-hydrogen) atoms. The molecule has 0 amide bonds. The van der Waals surface area contributed by atoms with E-state index in [0.717, 1.165) is 16.7 Å². The Bertz CT molecular complexity index is 1380. The molecule has 4 rings (SSSR count). The summed E-state index contributed by atoms with van der Waals surface area (Å²) in [5.74, 6) is 0.553. The summed E-state index contributed by atoms with van der Waals surface area (Å²) in [7, 11) is 0. The van der Waals surface area contributed by atoms with Crippen LogP contribution in [-0.4, -0.2) is 9.97 Å². The summed E-state index contributed by atoms with van der Waals surface area (Å²) in [5, 5.41) is 13.5. The zero-order chi connectivity index (χ0) is 22.3. The minimum atomic E-state index is -0.467. The summed E-state index contributed by atoms with van der Waals surface area (Å²) >= 11 is 1.36. The van der Waals surface area contributed by atoms with Gasteiger partial charge in [0.2, 0.25) is 0 Å². The number of nitriles is 1. The molecular weight excluding hydrogens is 420 g/mol. The van der Waals surface area contributed by atoms with E-state index >= 15 is 0 Å². The van der Waals surface area contributed by atoms with Gasteiger partial charge in [-0.05, 0) is 22.2 Å². The number of nitrogens with one attached hydrogen (secondary N) is 1. The predicted octanol–water partition coefficient (Wildman–Crippen LogP) is 6.21. The first kappa shape index (κ1) is 20.9. The van der Waals surface area contributed by atoms with Crippen molar-refractivity contribution in [2.24, 2.45) is 5.11 Å². The van der Waals surface area contributed by atoms with E-state index in [9.17, 15) is 10.1 Å². The molecule has 3 aromatic carbocycles. The number of azide groups is 1. The average Bonchev–Trinajstić information content (AvgIpc) is 2.84. The third kappa shape index (κ3) is 4.71. The lowest BCUT2D eigenvalue weighted by molar-refractivity contribution is 0.934. The number of hydrogen-bond acceptors (Lipinski definition) is 5. The van der Waals surface area contributed by atoms with Crippen LogP contribution in [0.3, 0.4) is 0 Å². The minimum Gasteiger partial charge on any atom is -0.300 e. The summed E-state index contributed by atoms with van der Waals surface area (Å²) in [6, 6.07) is 26.7. The number of aromatic amines is 1. The standard InChI is InChI=1S/C24H16N6OS/c25-14-21-22(19-10-8-18(9-11-19)17-4-2-1-3-5-17)27-24(28-23(21)31)32-15-16-6-12-20(13-7-16)29-30-26/h1-13H,15H2,(H,27,28,31). The number of hydrogen-bond donors (Lipinski definition) is 1. The molecule has 0 fully saturated rings. The van der Waals surface area contributed by atoms with Crippen LogP contribution in [0.2, 0.25) is 0 Å². The highest BCUT2D eigenvalue weighted by Crippen LogP contribution is 2.27. The maximum absolute atomic E-state index is 12.5. The lowest BCUT2D eigenvalue weighted by Gasteiger charge is -2.08. The summed E-state index contributed by atoms with van der Waals surface area (Å²) in [6.45, 7) is 0. The molecule has 1 N–H and O–H groups in total. The van der Waals surface area contributed by atoms with Crippen LogP contribution in [0, 0.1) is 11.3 Å². The van der Waals surface area contributed by atoms with E-state index < -0.39 is 5.56 Å². The zero-order valence-corrected chi connectivity index (χ0v) is 17.6. The maximum Gasteiger partial charge on any atom is 0.270 e. The molecule has 154 valence electrons. The highest BCUT2D eigenvalue weighted by molar-refractivity contribution is 7.98. The zero-order valence-electron chi connectivity index (χ0n) is 16.8. The monoisotopic (exact) mass is 436 g/mol. The normalized spacial score (nSPS) is 10.2. The molecule has 7 nitrogen and oxygen atoms in total. The summed E-state index contributed by atoms with van der Waals surface area (Å²) in [6.07, 6.45) is 0. The highest BCUT2D eigenvalue weighted by atomic mass is 32.2. The van der Waals surface area contributed by atoms with Gasteiger partial charge in [-0.15, -0.1) is 0 Å². The first-order valence-corrected chi connectivity index (χ1v) is 10.6. The molecule has 0 atom stereocenters. The Kier molecular flexibility index (Phi) is 6.33. The fraction of sp³-hybridized carbons (Fsp3) is 0.0417. The van der Waals surface area contributed by atoms with Crippen molar-refractivity contribution in [2.45, 2.75) is 10.9 Å². The van der Waals surface area contributed by atoms with Gasteiger partial charge in [0.1, 0.15) is 11.6 Å². The van der Waals surface area contributed by atoms with Crippen LogP contribution in [0.25, 0.3) is 32.8 Å². The number of thioether (sulfide) groups is 1. The Morgan fingerprint density at radius 1 is 0.969 bits per heavy atom. The van der Waals surface area contributed by atoms with E-state index in [1.807, 2.05) is 72.8 Å². The van der Waals surface area contributed by atoms with Crippen LogP contribution < -0.4 is 5.56 Å². The van der Waals surface area contributed by atoms with Gasteiger partial charge >= 0.3 is 0 Å². The van der Waals surface area contributed by atoms with Crippen molar-refractivity contribution in [2.75, 3.05) is 0 Å². The third-order valence-corrected chi connectivity index (χ3v) is 5.69. The second kappa shape index (κ2) is 9.67. The van der Waals surface area contributed by atoms with E-state index in [-0.39, 0.29) is 5.56 Å². The smallest absolute Gasteiger partial charge is 0.270 e. The molecule has 0 radical (unpaired) electrons. The van der Waals surface area contributed by atoms with Crippen molar-refractivity contribution >= 4 is 17.4 Å². The lowest BCUT2D eigenvalue weighted by Crippen LogP contribution is -2.14. The van der Waals surface area contributed by atoms with Crippen molar-refractivity contribution in [1.29, 1.82) is 5.26 Å². The number of H-pyrrole nitrogens is 1. The molecule has 1 aromatic heterocycles. The van der Waals surface area contributed by atoms with Gasteiger partial charge in [-0.25, -0.2) is 4.98 Å². The van der Waals surface area contributed by atoms with Gasteiger partial charge in [-0.1, -0.05) is 95.7 Å². The summed E-state index contributed by atoms with van der Waals surface area (Å²) < 4.78 is 0. The number of nitrogens with zero attached hydrogens (tertiary/aromatic N) is 5. The van der Waals surface area contributed by atoms with E-state index in [1.165, 1.54) is 11.8 Å². The van der Waals surface area contributed by atoms with Crippen molar-refractivity contribution in [3.05, 3.63) is 111 Å². The molecular formula is C24H16N6OS. The Labute approximate surface area is 188 Å². The second-order valence-electron chi connectivity index (χ2n) is 6.79. The molecule has 0 aliphatic heterocycles. The second-order valence-corrected chi connectivity index (χ2v) is 7.76. The highest BCUT2D eigenvalue weighted by Gasteiger charge is 2.14. The van der Waals surface area contributed by atoms with Crippen LogP contribution in [0.1, 0.15) is 11.1 Å². The molecule has 0 aliphatic rings. The Hall–Kier alpha value is -4.31. The van der Waals surface area contributed by atoms with Gasteiger partial charge in [0, 0.05) is 21.9 Å². The van der Waals surface area contributed by atoms with E-state index in [0.29, 0.717) is 27.9 Å². The molecule has 8 heteroatoms. The van der Waals surface area contributed by atoms with E-state index in [2.05, 4.69) is 20.0 Å². The fourth-order valence-electron chi connectivity index (χ4n) is 3.15. The van der Waals surface area contributed by atoms with Gasteiger partial charge in [0.05, 0.1) is 5.69 Å². The van der Waals surface area contributed by atoms with Gasteiger partial charge in [-0.2, -0.15) is 5.26 Å². The van der Waals surface area contributed by atoms with Crippen molar-refractivity contribution < 1.29 is 0 Å². The number of aromatic nitrogens is 2. The van der Waals surface area contributed by atoms with Gasteiger partial charge in [-0.3, -0.25) is 4.79 Å². The van der Waals surface area contributed by atoms with Gasteiger partial charge in [0.15, 0.2) is 5.16 Å². The van der Waals surface area contributed by atoms with Crippen LogP contribution in [0.5, 0.6) is 0 Å². The van der Waals surface area contributed by atoms with E-state index in [4.69, 9.17) is 5.53 Å². The van der Waals surface area contributed by atoms with Crippen molar-refractivity contribution in [1.82, 2.24) is 9.97 Å². The number of benzene rings is 3. The Morgan fingerprint density at radius 2 is 1.62 bits per heavy atom. The molecule has 0 unspecified atom stereocenters. The van der Waals surface area contributed by atoms with Crippen LogP contribution in [-0.2, 0) is 5.75 Å². The quantitative estimate of drug-likeness (QED) is 0.127. The molecule has 0 aliphatic carbocycles. The predicted molar refractivity (Wildman–Crippen MR) is 125 cm³/mol.